The Morgan fingerprint density at radius 3 is 2.14 bits per heavy atom. The van der Waals surface area contributed by atoms with Gasteiger partial charge in [-0.1, -0.05) is 6.07 Å². The predicted octanol–water partition coefficient (Wildman–Crippen LogP) is 2.63. The van der Waals surface area contributed by atoms with Gasteiger partial charge in [0, 0.05) is 24.3 Å². The molecule has 3 nitrogen and oxygen atoms in total. The number of pyridine rings is 1. The van der Waals surface area contributed by atoms with Crippen LogP contribution < -0.4 is 4.57 Å². The second-order valence-corrected chi connectivity index (χ2v) is 2.91. The zero-order chi connectivity index (χ0) is 9.80. The molecule has 0 fully saturated rings. The van der Waals surface area contributed by atoms with Gasteiger partial charge in [-0.3, -0.25) is 0 Å². The number of nitrogens with one attached hydrogen (secondary N) is 1. The average molecular weight is 184 g/mol. The Morgan fingerprint density at radius 2 is 1.57 bits per heavy atom. The molecule has 0 unspecified atom stereocenters. The van der Waals surface area contributed by atoms with Crippen molar-refractivity contribution in [3.8, 4) is 5.69 Å². The van der Waals surface area contributed by atoms with E-state index >= 15 is 0 Å². The van der Waals surface area contributed by atoms with Crippen LogP contribution in [0.1, 0.15) is 0 Å². The van der Waals surface area contributed by atoms with Gasteiger partial charge < -0.3 is 0 Å². The summed E-state index contributed by atoms with van der Waals surface area (Å²) in [6.07, 6.45) is 3.96. The van der Waals surface area contributed by atoms with Gasteiger partial charge in [-0.25, -0.2) is 5.53 Å². The number of nitrogens with zero attached hydrogens (tertiary/aromatic N) is 2. The predicted molar refractivity (Wildman–Crippen MR) is 52.8 cm³/mol. The van der Waals surface area contributed by atoms with Crippen molar-refractivity contribution in [2.75, 3.05) is 0 Å². The highest BCUT2D eigenvalue weighted by atomic mass is 15.0. The first-order chi connectivity index (χ1) is 6.90. The van der Waals surface area contributed by atoms with Crippen molar-refractivity contribution < 1.29 is 4.57 Å². The minimum absolute atomic E-state index is 0.672. The number of hydrogen-bond donors (Lipinski definition) is 1. The second-order valence-electron chi connectivity index (χ2n) is 2.91. The van der Waals surface area contributed by atoms with Gasteiger partial charge >= 0.3 is 0 Å². The topological polar surface area (TPSA) is 40.1 Å². The summed E-state index contributed by atoms with van der Waals surface area (Å²) in [7, 11) is 0. The summed E-state index contributed by atoms with van der Waals surface area (Å²) in [6, 6.07) is 13.4. The van der Waals surface area contributed by atoms with Crippen LogP contribution in [-0.2, 0) is 0 Å². The van der Waals surface area contributed by atoms with Crippen molar-refractivity contribution in [3.63, 3.8) is 0 Å². The van der Waals surface area contributed by atoms with Gasteiger partial charge in [0.25, 0.3) is 0 Å². The SMILES string of the molecule is N=Nc1ccc(-[n+]2ccccc2)cc1. The molecule has 1 heterocycles. The Hall–Kier alpha value is -2.03. The van der Waals surface area contributed by atoms with Crippen LogP contribution in [0.5, 0.6) is 0 Å². The molecule has 1 aromatic carbocycles. The van der Waals surface area contributed by atoms with Crippen LogP contribution in [0.4, 0.5) is 5.69 Å². The normalized spacial score (nSPS) is 9.71. The summed E-state index contributed by atoms with van der Waals surface area (Å²) in [5.74, 6) is 0. The summed E-state index contributed by atoms with van der Waals surface area (Å²) in [4.78, 5) is 0. The summed E-state index contributed by atoms with van der Waals surface area (Å²) < 4.78 is 2.01. The van der Waals surface area contributed by atoms with E-state index in [0.29, 0.717) is 5.69 Å². The van der Waals surface area contributed by atoms with E-state index in [1.54, 1.807) is 0 Å². The van der Waals surface area contributed by atoms with Gasteiger partial charge in [0.1, 0.15) is 0 Å². The van der Waals surface area contributed by atoms with E-state index < -0.39 is 0 Å². The number of hydrogen-bond acceptors (Lipinski definition) is 2. The van der Waals surface area contributed by atoms with Crippen molar-refractivity contribution in [2.24, 2.45) is 5.11 Å². The monoisotopic (exact) mass is 184 g/mol. The van der Waals surface area contributed by atoms with E-state index in [9.17, 15) is 0 Å². The Morgan fingerprint density at radius 1 is 0.929 bits per heavy atom. The quantitative estimate of drug-likeness (QED) is 0.550. The number of benzene rings is 1. The summed E-state index contributed by atoms with van der Waals surface area (Å²) in [5.41, 5.74) is 8.58. The molecular formula is C11H10N3+. The Labute approximate surface area is 82.2 Å². The maximum Gasteiger partial charge on any atom is 0.210 e. The van der Waals surface area contributed by atoms with E-state index in [0.717, 1.165) is 5.69 Å². The molecule has 2 rings (SSSR count). The molecule has 3 heteroatoms. The van der Waals surface area contributed by atoms with Gasteiger partial charge in [0.2, 0.25) is 5.69 Å². The molecule has 0 bridgehead atoms. The maximum absolute atomic E-state index is 6.84. The third kappa shape index (κ3) is 1.66. The molecule has 68 valence electrons. The lowest BCUT2D eigenvalue weighted by molar-refractivity contribution is -0.595. The van der Waals surface area contributed by atoms with Crippen LogP contribution in [0.15, 0.2) is 60.0 Å². The Bertz CT molecular complexity index is 420. The Kier molecular flexibility index (Phi) is 2.32. The first-order valence-corrected chi connectivity index (χ1v) is 4.34. The largest absolute Gasteiger partial charge is 0.210 e. The molecule has 0 amide bonds. The number of rotatable bonds is 2. The molecule has 0 saturated carbocycles. The summed E-state index contributed by atoms with van der Waals surface area (Å²) >= 11 is 0. The average Bonchev–Trinajstić information content (AvgIpc) is 2.30. The Balaban J connectivity index is 2.39. The lowest BCUT2D eigenvalue weighted by Gasteiger charge is -1.94. The highest BCUT2D eigenvalue weighted by Crippen LogP contribution is 2.11. The van der Waals surface area contributed by atoms with E-state index in [4.69, 9.17) is 5.53 Å². The van der Waals surface area contributed by atoms with Gasteiger partial charge in [0.15, 0.2) is 12.4 Å². The fourth-order valence-electron chi connectivity index (χ4n) is 1.27. The van der Waals surface area contributed by atoms with Crippen LogP contribution >= 0.6 is 0 Å². The van der Waals surface area contributed by atoms with Gasteiger partial charge in [-0.05, 0) is 12.1 Å². The molecule has 1 aromatic heterocycles. The highest BCUT2D eigenvalue weighted by molar-refractivity contribution is 5.40. The molecule has 0 aliphatic rings. The van der Waals surface area contributed by atoms with Crippen LogP contribution in [0.2, 0.25) is 0 Å². The first kappa shape index (κ1) is 8.56. The van der Waals surface area contributed by atoms with Gasteiger partial charge in [-0.15, -0.1) is 0 Å². The zero-order valence-corrected chi connectivity index (χ0v) is 7.59. The van der Waals surface area contributed by atoms with E-state index in [2.05, 4.69) is 5.11 Å². The maximum atomic E-state index is 6.84. The third-order valence-corrected chi connectivity index (χ3v) is 1.99. The zero-order valence-electron chi connectivity index (χ0n) is 7.59. The molecule has 0 aliphatic heterocycles. The molecule has 0 radical (unpaired) electrons. The van der Waals surface area contributed by atoms with Crippen molar-refractivity contribution >= 4 is 5.69 Å². The number of aromatic nitrogens is 1. The van der Waals surface area contributed by atoms with Crippen LogP contribution in [0.3, 0.4) is 0 Å². The highest BCUT2D eigenvalue weighted by Gasteiger charge is 2.02. The summed E-state index contributed by atoms with van der Waals surface area (Å²) in [5, 5.41) is 3.35. The fraction of sp³-hybridized carbons (Fsp3) is 0. The van der Waals surface area contributed by atoms with E-state index in [-0.39, 0.29) is 0 Å². The fourth-order valence-corrected chi connectivity index (χ4v) is 1.27. The molecule has 0 aliphatic carbocycles. The molecule has 2 aromatic rings. The minimum Gasteiger partial charge on any atom is -0.204 e. The van der Waals surface area contributed by atoms with Gasteiger partial charge in [-0.2, -0.15) is 9.68 Å². The molecule has 1 N–H and O–H groups in total. The molecule has 14 heavy (non-hydrogen) atoms. The lowest BCUT2D eigenvalue weighted by atomic mass is 10.3. The molecular weight excluding hydrogens is 174 g/mol. The lowest BCUT2D eigenvalue weighted by Crippen LogP contribution is -2.28. The third-order valence-electron chi connectivity index (χ3n) is 1.99. The smallest absolute Gasteiger partial charge is 0.204 e. The van der Waals surface area contributed by atoms with Crippen molar-refractivity contribution in [2.45, 2.75) is 0 Å². The molecule has 0 saturated heterocycles. The first-order valence-electron chi connectivity index (χ1n) is 4.34. The minimum atomic E-state index is 0.672. The standard InChI is InChI=1S/C11H10N3/c12-13-10-4-6-11(7-5-10)14-8-2-1-3-9-14/h1-9,12H/q+1. The molecule has 0 spiro atoms. The van der Waals surface area contributed by atoms with Gasteiger partial charge in [0.05, 0.1) is 5.69 Å². The van der Waals surface area contributed by atoms with Crippen LogP contribution in [0.25, 0.3) is 5.69 Å². The van der Waals surface area contributed by atoms with Crippen molar-refractivity contribution in [1.82, 2.24) is 0 Å². The van der Waals surface area contributed by atoms with Crippen molar-refractivity contribution in [3.05, 3.63) is 54.9 Å². The second kappa shape index (κ2) is 3.79. The van der Waals surface area contributed by atoms with Crippen LogP contribution in [-0.4, -0.2) is 0 Å². The molecule has 0 atom stereocenters. The van der Waals surface area contributed by atoms with Crippen LogP contribution in [0, 0.1) is 5.53 Å². The van der Waals surface area contributed by atoms with E-state index in [1.807, 2.05) is 59.4 Å². The van der Waals surface area contributed by atoms with E-state index in [1.165, 1.54) is 0 Å². The summed E-state index contributed by atoms with van der Waals surface area (Å²) in [6.45, 7) is 0. The van der Waals surface area contributed by atoms with Crippen molar-refractivity contribution in [1.29, 1.82) is 5.53 Å².